The molecule has 0 aliphatic heterocycles. The van der Waals surface area contributed by atoms with Crippen LogP contribution in [0.1, 0.15) is 0 Å². The maximum Gasteiger partial charge on any atom is 0.166 e. The first kappa shape index (κ1) is 79.6. The Hall–Kier alpha value is -18.5. The lowest BCUT2D eigenvalue weighted by atomic mass is 9.91. The SMILES string of the molecule is c1ccc(-c2nc(-c3ccccc3)nc(-c3cc(-c4ccc(-c5ccccc5)c(-c5ccccc5)c4)cnc3-c3ccc4c(c3)oc3ccc5c6ccccc6n(-c6ccccc6)c5c34)n2)cc1.c1ccc(-c2nc(-c3ccccc3)nc(-c3cc(-c4ccc(-c5ccccc5)c(-c5ccccc5)c4)cnc3-c3cccc4c3oc3ccc5c6ccccc6n(-c6ccccc6)c5c34)n2)cc1. The zero-order valence-corrected chi connectivity index (χ0v) is 73.3. The fraction of sp³-hybridized carbons (Fsp3) is 0. The molecule has 0 saturated carbocycles. The van der Waals surface area contributed by atoms with Crippen molar-refractivity contribution in [3.05, 3.63) is 473 Å². The van der Waals surface area contributed by atoms with E-state index in [2.05, 4.69) is 349 Å². The van der Waals surface area contributed by atoms with Crippen LogP contribution in [0.15, 0.2) is 482 Å². The lowest BCUT2D eigenvalue weighted by Crippen LogP contribution is -2.02. The van der Waals surface area contributed by atoms with E-state index in [0.717, 1.165) is 200 Å². The number of hydrogen-bond donors (Lipinski definition) is 0. The van der Waals surface area contributed by atoms with Gasteiger partial charge in [-0.05, 0) is 159 Å². The second-order valence-electron chi connectivity index (χ2n) is 33.9. The van der Waals surface area contributed by atoms with Crippen LogP contribution in [0.2, 0.25) is 0 Å². The van der Waals surface area contributed by atoms with Crippen LogP contribution in [0, 0.1) is 0 Å². The van der Waals surface area contributed by atoms with E-state index in [0.29, 0.717) is 40.6 Å². The Morgan fingerprint density at radius 2 is 0.500 bits per heavy atom. The van der Waals surface area contributed by atoms with Crippen molar-refractivity contribution in [2.45, 2.75) is 0 Å². The van der Waals surface area contributed by atoms with Gasteiger partial charge in [-0.15, -0.1) is 0 Å². The number of pyridine rings is 2. The first-order valence-corrected chi connectivity index (χ1v) is 45.6. The van der Waals surface area contributed by atoms with Crippen LogP contribution < -0.4 is 0 Å². The summed E-state index contributed by atoms with van der Waals surface area (Å²) in [7, 11) is 0. The summed E-state index contributed by atoms with van der Waals surface area (Å²) >= 11 is 0. The molecule has 0 N–H and O–H groups in total. The average Bonchev–Trinajstić information content (AvgIpc) is 1.56. The smallest absolute Gasteiger partial charge is 0.166 e. The van der Waals surface area contributed by atoms with Crippen LogP contribution in [-0.2, 0) is 0 Å². The summed E-state index contributed by atoms with van der Waals surface area (Å²) in [5, 5.41) is 8.85. The molecule has 0 unspecified atom stereocenters. The standard InChI is InChI=1S/2C62H39N5O/c1-6-19-40(20-7-1)47-34-33-44(37-52(47)41-21-8-2-9-22-41)45-38-53(62-65-60(42-23-10-3-11-24-42)64-61(66-62)43-25-12-4-13-26-43)57(63-39-45)51-31-18-30-50-56-55(68-59(50)51)36-35-49-48-29-16-17-32-54(48)67(58(49)56)46-27-14-5-15-28-46;1-6-18-40(19-7-1)48-32-30-44(36-52(48)41-20-8-2-9-21-41)46-37-53(62-65-60(42-22-10-3-11-23-42)64-61(66-62)43-24-12-4-13-25-43)58(63-39-46)45-31-33-51-56(38-45)68-55-35-34-50-49-28-16-17-29-54(49)67(59(50)57(51)55)47-26-14-5-15-27-47/h2*1-39H. The summed E-state index contributed by atoms with van der Waals surface area (Å²) in [6.45, 7) is 0. The Morgan fingerprint density at radius 3 is 0.926 bits per heavy atom. The van der Waals surface area contributed by atoms with Crippen LogP contribution in [-0.4, -0.2) is 49.0 Å². The van der Waals surface area contributed by atoms with Crippen LogP contribution in [0.25, 0.3) is 256 Å². The topological polar surface area (TPSA) is 139 Å². The minimum Gasteiger partial charge on any atom is -0.456 e. The van der Waals surface area contributed by atoms with Crippen molar-refractivity contribution in [1.82, 2.24) is 49.0 Å². The number of fused-ring (bicyclic) bond motifs is 14. The molecular weight excluding hydrogens is 1660 g/mol. The van der Waals surface area contributed by atoms with Crippen molar-refractivity contribution >= 4 is 87.5 Å². The van der Waals surface area contributed by atoms with Gasteiger partial charge in [0.25, 0.3) is 0 Å². The molecule has 0 aliphatic carbocycles. The molecule has 12 nitrogen and oxygen atoms in total. The van der Waals surface area contributed by atoms with Crippen LogP contribution in [0.4, 0.5) is 0 Å². The third-order valence-corrected chi connectivity index (χ3v) is 25.8. The molecule has 0 spiro atoms. The Morgan fingerprint density at radius 1 is 0.176 bits per heavy atom. The molecule has 12 heteroatoms. The molecule has 26 rings (SSSR count). The van der Waals surface area contributed by atoms with Crippen LogP contribution in [0.3, 0.4) is 0 Å². The lowest BCUT2D eigenvalue weighted by Gasteiger charge is -2.15. The van der Waals surface area contributed by atoms with Gasteiger partial charge in [0.15, 0.2) is 34.9 Å². The fourth-order valence-corrected chi connectivity index (χ4v) is 19.5. The summed E-state index contributed by atoms with van der Waals surface area (Å²) < 4.78 is 18.6. The number of furan rings is 2. The molecule has 18 aromatic carbocycles. The quantitative estimate of drug-likeness (QED) is 0.0918. The van der Waals surface area contributed by atoms with Crippen molar-refractivity contribution in [1.29, 1.82) is 0 Å². The molecule has 8 aromatic heterocycles. The van der Waals surface area contributed by atoms with Gasteiger partial charge < -0.3 is 18.0 Å². The Labute approximate surface area is 782 Å². The van der Waals surface area contributed by atoms with Crippen molar-refractivity contribution in [3.63, 3.8) is 0 Å². The fourth-order valence-electron chi connectivity index (χ4n) is 19.5. The van der Waals surface area contributed by atoms with Gasteiger partial charge in [-0.1, -0.05) is 358 Å². The lowest BCUT2D eigenvalue weighted by molar-refractivity contribution is 0.669. The van der Waals surface area contributed by atoms with E-state index in [1.807, 2.05) is 134 Å². The molecule has 0 amide bonds. The van der Waals surface area contributed by atoms with E-state index in [1.54, 1.807) is 0 Å². The molecule has 636 valence electrons. The third kappa shape index (κ3) is 14.4. The molecule has 0 aliphatic rings. The van der Waals surface area contributed by atoms with E-state index in [9.17, 15) is 0 Å². The normalized spacial score (nSPS) is 11.5. The van der Waals surface area contributed by atoms with Gasteiger partial charge in [0, 0.05) is 112 Å². The van der Waals surface area contributed by atoms with Crippen molar-refractivity contribution in [3.8, 4) is 169 Å². The summed E-state index contributed by atoms with van der Waals surface area (Å²) in [5.41, 5.74) is 31.1. The number of aromatic nitrogens is 10. The number of benzene rings is 18. The second kappa shape index (κ2) is 34.1. The van der Waals surface area contributed by atoms with E-state index in [4.69, 9.17) is 48.7 Å². The average molecular weight is 1740 g/mol. The molecule has 0 atom stereocenters. The molecule has 0 radical (unpaired) electrons. The second-order valence-corrected chi connectivity index (χ2v) is 33.9. The number of para-hydroxylation sites is 5. The van der Waals surface area contributed by atoms with Gasteiger partial charge in [-0.25, -0.2) is 29.9 Å². The van der Waals surface area contributed by atoms with Gasteiger partial charge in [0.1, 0.15) is 22.3 Å². The largest absolute Gasteiger partial charge is 0.456 e. The molecule has 26 aromatic rings. The first-order chi connectivity index (χ1) is 67.4. The molecule has 136 heavy (non-hydrogen) atoms. The first-order valence-electron chi connectivity index (χ1n) is 45.6. The third-order valence-electron chi connectivity index (χ3n) is 25.8. The minimum absolute atomic E-state index is 0.506. The molecular formula is C124H78N10O2. The molecule has 0 saturated heterocycles. The molecule has 0 bridgehead atoms. The van der Waals surface area contributed by atoms with E-state index < -0.39 is 0 Å². The highest BCUT2D eigenvalue weighted by Crippen LogP contribution is 2.49. The van der Waals surface area contributed by atoms with Gasteiger partial charge in [-0.3, -0.25) is 9.97 Å². The van der Waals surface area contributed by atoms with E-state index in [1.165, 1.54) is 16.2 Å². The maximum atomic E-state index is 7.04. The van der Waals surface area contributed by atoms with Gasteiger partial charge in [-0.2, -0.15) is 0 Å². The summed E-state index contributed by atoms with van der Waals surface area (Å²) in [5.74, 6) is 3.32. The minimum atomic E-state index is 0.506. The highest BCUT2D eigenvalue weighted by molar-refractivity contribution is 6.27. The highest BCUT2D eigenvalue weighted by Gasteiger charge is 2.28. The summed E-state index contributed by atoms with van der Waals surface area (Å²) in [6.07, 6.45) is 3.93. The Kier molecular flexibility index (Phi) is 20.0. The number of hydrogen-bond acceptors (Lipinski definition) is 10. The monoisotopic (exact) mass is 1740 g/mol. The predicted octanol–water partition coefficient (Wildman–Crippen LogP) is 31.9. The summed E-state index contributed by atoms with van der Waals surface area (Å²) in [4.78, 5) is 41.9. The van der Waals surface area contributed by atoms with E-state index >= 15 is 0 Å². The zero-order chi connectivity index (χ0) is 89.9. The zero-order valence-electron chi connectivity index (χ0n) is 73.3. The highest BCUT2D eigenvalue weighted by atomic mass is 16.3. The van der Waals surface area contributed by atoms with Crippen LogP contribution in [0.5, 0.6) is 0 Å². The van der Waals surface area contributed by atoms with Crippen molar-refractivity contribution < 1.29 is 8.83 Å². The van der Waals surface area contributed by atoms with Gasteiger partial charge in [0.05, 0.1) is 44.2 Å². The Bertz CT molecular complexity index is 8940. The van der Waals surface area contributed by atoms with Crippen molar-refractivity contribution in [2.24, 2.45) is 0 Å². The van der Waals surface area contributed by atoms with Gasteiger partial charge >= 0.3 is 0 Å². The maximum absolute atomic E-state index is 7.04. The summed E-state index contributed by atoms with van der Waals surface area (Å²) in [6, 6.07) is 160. The number of rotatable bonds is 16. The molecule has 8 heterocycles. The molecule has 0 fully saturated rings. The van der Waals surface area contributed by atoms with E-state index in [-0.39, 0.29) is 0 Å². The van der Waals surface area contributed by atoms with Crippen LogP contribution >= 0.6 is 0 Å². The van der Waals surface area contributed by atoms with Crippen molar-refractivity contribution in [2.75, 3.05) is 0 Å². The predicted molar refractivity (Wildman–Crippen MR) is 555 cm³/mol. The van der Waals surface area contributed by atoms with Gasteiger partial charge in [0.2, 0.25) is 0 Å². The Balaban J connectivity index is 0.000000145. The number of nitrogens with zero attached hydrogens (tertiary/aromatic N) is 10.